The van der Waals surface area contributed by atoms with Crippen molar-refractivity contribution in [1.29, 1.82) is 0 Å². The molecular weight excluding hydrogens is 214 g/mol. The highest BCUT2D eigenvalue weighted by Gasteiger charge is 2.15. The Hall–Kier alpha value is -2.20. The molecule has 17 heavy (non-hydrogen) atoms. The van der Waals surface area contributed by atoms with Crippen LogP contribution in [-0.2, 0) is 0 Å². The van der Waals surface area contributed by atoms with Gasteiger partial charge in [0.05, 0.1) is 0 Å². The van der Waals surface area contributed by atoms with Crippen LogP contribution in [0.5, 0.6) is 0 Å². The number of fused-ring (bicyclic) bond motifs is 1. The van der Waals surface area contributed by atoms with Crippen LogP contribution >= 0.6 is 0 Å². The molecule has 2 heterocycles. The van der Waals surface area contributed by atoms with E-state index in [-0.39, 0.29) is 6.04 Å². The van der Waals surface area contributed by atoms with E-state index in [1.807, 2.05) is 42.5 Å². The minimum Gasteiger partial charge on any atom is -0.437 e. The highest BCUT2D eigenvalue weighted by molar-refractivity contribution is 5.67. The third-order valence-corrected chi connectivity index (χ3v) is 2.61. The van der Waals surface area contributed by atoms with Crippen molar-refractivity contribution in [2.24, 2.45) is 5.73 Å². The fourth-order valence-electron chi connectivity index (χ4n) is 1.72. The van der Waals surface area contributed by atoms with Crippen LogP contribution in [-0.4, -0.2) is 9.97 Å². The van der Waals surface area contributed by atoms with Gasteiger partial charge >= 0.3 is 0 Å². The first-order valence-electron chi connectivity index (χ1n) is 5.36. The number of rotatable bonds is 2. The van der Waals surface area contributed by atoms with Crippen LogP contribution in [0, 0.1) is 0 Å². The maximum absolute atomic E-state index is 6.10. The molecule has 0 fully saturated rings. The number of oxazole rings is 1. The number of nitrogens with two attached hydrogens (primary N) is 1. The van der Waals surface area contributed by atoms with Crippen molar-refractivity contribution in [3.8, 4) is 0 Å². The van der Waals surface area contributed by atoms with Crippen molar-refractivity contribution in [2.45, 2.75) is 6.04 Å². The molecule has 1 atom stereocenters. The summed E-state index contributed by atoms with van der Waals surface area (Å²) in [5, 5.41) is 0. The highest BCUT2D eigenvalue weighted by Crippen LogP contribution is 2.21. The van der Waals surface area contributed by atoms with Crippen LogP contribution in [0.4, 0.5) is 0 Å². The van der Waals surface area contributed by atoms with Crippen molar-refractivity contribution < 1.29 is 4.42 Å². The molecule has 0 bridgehead atoms. The van der Waals surface area contributed by atoms with Crippen molar-refractivity contribution in [2.75, 3.05) is 0 Å². The summed E-state index contributed by atoms with van der Waals surface area (Å²) < 4.78 is 5.59. The zero-order chi connectivity index (χ0) is 11.7. The van der Waals surface area contributed by atoms with E-state index in [4.69, 9.17) is 10.2 Å². The zero-order valence-electron chi connectivity index (χ0n) is 9.08. The second-order valence-electron chi connectivity index (χ2n) is 3.77. The molecule has 0 saturated carbocycles. The van der Waals surface area contributed by atoms with Gasteiger partial charge in [-0.25, -0.2) is 4.98 Å². The largest absolute Gasteiger partial charge is 0.437 e. The first kappa shape index (κ1) is 9.99. The molecule has 4 nitrogen and oxygen atoms in total. The molecule has 4 heteroatoms. The van der Waals surface area contributed by atoms with Gasteiger partial charge in [0.2, 0.25) is 5.89 Å². The van der Waals surface area contributed by atoms with Crippen molar-refractivity contribution in [3.05, 3.63) is 60.1 Å². The van der Waals surface area contributed by atoms with Gasteiger partial charge in [-0.2, -0.15) is 4.98 Å². The summed E-state index contributed by atoms with van der Waals surface area (Å²) in [7, 11) is 0. The van der Waals surface area contributed by atoms with Crippen molar-refractivity contribution in [3.63, 3.8) is 0 Å². The lowest BCUT2D eigenvalue weighted by molar-refractivity contribution is 0.505. The van der Waals surface area contributed by atoms with Gasteiger partial charge in [0, 0.05) is 6.20 Å². The van der Waals surface area contributed by atoms with E-state index in [9.17, 15) is 0 Å². The summed E-state index contributed by atoms with van der Waals surface area (Å²) in [5.41, 5.74) is 8.32. The van der Waals surface area contributed by atoms with Gasteiger partial charge in [-0.15, -0.1) is 0 Å². The van der Waals surface area contributed by atoms with Crippen LogP contribution in [0.1, 0.15) is 17.5 Å². The molecule has 0 amide bonds. The fraction of sp³-hybridized carbons (Fsp3) is 0.0769. The number of pyridine rings is 1. The lowest BCUT2D eigenvalue weighted by atomic mass is 10.1. The standard InChI is InChI=1S/C13H11N3O/c14-11(9-5-2-1-3-6-9)13-16-12-10(17-13)7-4-8-15-12/h1-8,11H,14H2. The quantitative estimate of drug-likeness (QED) is 0.726. The molecule has 0 aliphatic rings. The molecule has 84 valence electrons. The van der Waals surface area contributed by atoms with Crippen molar-refractivity contribution in [1.82, 2.24) is 9.97 Å². The van der Waals surface area contributed by atoms with Gasteiger partial charge in [-0.1, -0.05) is 30.3 Å². The molecule has 1 aromatic carbocycles. The van der Waals surface area contributed by atoms with Crippen LogP contribution in [0.2, 0.25) is 0 Å². The maximum atomic E-state index is 6.10. The molecule has 0 spiro atoms. The minimum atomic E-state index is -0.356. The van der Waals surface area contributed by atoms with E-state index in [2.05, 4.69) is 9.97 Å². The molecule has 2 aromatic heterocycles. The number of hydrogen-bond acceptors (Lipinski definition) is 4. The monoisotopic (exact) mass is 225 g/mol. The molecule has 0 saturated heterocycles. The fourth-order valence-corrected chi connectivity index (χ4v) is 1.72. The highest BCUT2D eigenvalue weighted by atomic mass is 16.3. The average molecular weight is 225 g/mol. The van der Waals surface area contributed by atoms with Gasteiger partial charge in [0.15, 0.2) is 11.2 Å². The molecule has 3 rings (SSSR count). The van der Waals surface area contributed by atoms with Crippen LogP contribution in [0.15, 0.2) is 53.1 Å². The Labute approximate surface area is 98.1 Å². The lowest BCUT2D eigenvalue weighted by Crippen LogP contribution is -2.11. The SMILES string of the molecule is NC(c1ccccc1)c1nc2ncccc2o1. The smallest absolute Gasteiger partial charge is 0.218 e. The van der Waals surface area contributed by atoms with Gasteiger partial charge in [-0.05, 0) is 17.7 Å². The second-order valence-corrected chi connectivity index (χ2v) is 3.77. The number of hydrogen-bond donors (Lipinski definition) is 1. The Morgan fingerprint density at radius 1 is 1.06 bits per heavy atom. The Bertz CT molecular complexity index is 600. The zero-order valence-corrected chi connectivity index (χ0v) is 9.08. The van der Waals surface area contributed by atoms with Crippen LogP contribution in [0.3, 0.4) is 0 Å². The van der Waals surface area contributed by atoms with E-state index in [1.165, 1.54) is 0 Å². The summed E-state index contributed by atoms with van der Waals surface area (Å²) in [4.78, 5) is 8.40. The predicted octanol–water partition coefficient (Wildman–Crippen LogP) is 2.27. The Morgan fingerprint density at radius 3 is 2.65 bits per heavy atom. The third kappa shape index (κ3) is 1.79. The molecular formula is C13H11N3O. The van der Waals surface area contributed by atoms with Gasteiger partial charge in [0.1, 0.15) is 6.04 Å². The summed E-state index contributed by atoms with van der Waals surface area (Å²) in [6, 6.07) is 13.0. The topological polar surface area (TPSA) is 64.9 Å². The van der Waals surface area contributed by atoms with Crippen LogP contribution < -0.4 is 5.73 Å². The second kappa shape index (κ2) is 3.99. The van der Waals surface area contributed by atoms with E-state index in [1.54, 1.807) is 6.20 Å². The molecule has 0 radical (unpaired) electrons. The molecule has 3 aromatic rings. The normalized spacial score (nSPS) is 12.8. The van der Waals surface area contributed by atoms with E-state index in [0.717, 1.165) is 5.56 Å². The summed E-state index contributed by atoms with van der Waals surface area (Å²) in [6.45, 7) is 0. The molecule has 0 aliphatic carbocycles. The first-order valence-corrected chi connectivity index (χ1v) is 5.36. The van der Waals surface area contributed by atoms with Crippen molar-refractivity contribution >= 4 is 11.2 Å². The first-order chi connectivity index (χ1) is 8.34. The van der Waals surface area contributed by atoms with Gasteiger partial charge in [-0.3, -0.25) is 0 Å². The van der Waals surface area contributed by atoms with Crippen LogP contribution in [0.25, 0.3) is 11.2 Å². The van der Waals surface area contributed by atoms with E-state index >= 15 is 0 Å². The summed E-state index contributed by atoms with van der Waals surface area (Å²) in [5.74, 6) is 0.491. The molecule has 2 N–H and O–H groups in total. The Balaban J connectivity index is 2.04. The summed E-state index contributed by atoms with van der Waals surface area (Å²) in [6.07, 6.45) is 1.68. The Kier molecular flexibility index (Phi) is 2.34. The Morgan fingerprint density at radius 2 is 1.88 bits per heavy atom. The molecule has 0 aliphatic heterocycles. The van der Waals surface area contributed by atoms with Gasteiger partial charge in [0.25, 0.3) is 0 Å². The maximum Gasteiger partial charge on any atom is 0.218 e. The minimum absolute atomic E-state index is 0.356. The predicted molar refractivity (Wildman–Crippen MR) is 64.3 cm³/mol. The van der Waals surface area contributed by atoms with Gasteiger partial charge < -0.3 is 10.2 Å². The third-order valence-electron chi connectivity index (χ3n) is 2.61. The number of nitrogens with zero attached hydrogens (tertiary/aromatic N) is 2. The summed E-state index contributed by atoms with van der Waals surface area (Å²) >= 11 is 0. The number of benzene rings is 1. The lowest BCUT2D eigenvalue weighted by Gasteiger charge is -2.06. The van der Waals surface area contributed by atoms with E-state index < -0.39 is 0 Å². The van der Waals surface area contributed by atoms with E-state index in [0.29, 0.717) is 17.1 Å². The molecule has 1 unspecified atom stereocenters. The average Bonchev–Trinajstić information content (AvgIpc) is 2.82. The number of aromatic nitrogens is 2.